The van der Waals surface area contributed by atoms with Gasteiger partial charge in [0.05, 0.1) is 0 Å². The van der Waals surface area contributed by atoms with E-state index in [0.717, 1.165) is 31.7 Å². The number of nitrogens with zero attached hydrogens (tertiary/aromatic N) is 2. The number of carbonyl (C=O) groups is 1. The van der Waals surface area contributed by atoms with Crippen LogP contribution in [-0.4, -0.2) is 60.6 Å². The van der Waals surface area contributed by atoms with Crippen molar-refractivity contribution >= 4 is 5.91 Å². The van der Waals surface area contributed by atoms with E-state index in [-0.39, 0.29) is 5.91 Å². The predicted octanol–water partition coefficient (Wildman–Crippen LogP) is 2.55. The van der Waals surface area contributed by atoms with Gasteiger partial charge in [-0.2, -0.15) is 0 Å². The third-order valence-electron chi connectivity index (χ3n) is 5.61. The highest BCUT2D eigenvalue weighted by Gasteiger charge is 2.39. The maximum atomic E-state index is 13.1. The second kappa shape index (κ2) is 6.63. The summed E-state index contributed by atoms with van der Waals surface area (Å²) in [7, 11) is 0. The van der Waals surface area contributed by atoms with Crippen LogP contribution in [0.5, 0.6) is 11.5 Å². The van der Waals surface area contributed by atoms with E-state index < -0.39 is 0 Å². The van der Waals surface area contributed by atoms with Crippen LogP contribution in [0.2, 0.25) is 0 Å². The molecule has 0 bridgehead atoms. The summed E-state index contributed by atoms with van der Waals surface area (Å²) in [6, 6.07) is 6.46. The lowest BCUT2D eigenvalue weighted by Gasteiger charge is -2.34. The standard InChI is InChI=1S/C19H26N2O3/c1-2-20-9-3-5-15(20)16-6-4-10-21(16)19(22)14-7-8-17-18(13-14)24-12-11-23-17/h7-8,13,15-16H,2-6,9-12H2,1H3/t15-,16-/m1/s1. The number of likely N-dealkylation sites (tertiary alicyclic amines) is 2. The Kier molecular flexibility index (Phi) is 4.35. The maximum Gasteiger partial charge on any atom is 0.254 e. The summed E-state index contributed by atoms with van der Waals surface area (Å²) in [6.07, 6.45) is 4.69. The monoisotopic (exact) mass is 330 g/mol. The fraction of sp³-hybridized carbons (Fsp3) is 0.632. The highest BCUT2D eigenvalue weighted by atomic mass is 16.6. The summed E-state index contributed by atoms with van der Waals surface area (Å²) in [5.41, 5.74) is 0.715. The van der Waals surface area contributed by atoms with Gasteiger partial charge < -0.3 is 14.4 Å². The number of amides is 1. The summed E-state index contributed by atoms with van der Waals surface area (Å²) in [5, 5.41) is 0. The van der Waals surface area contributed by atoms with Gasteiger partial charge in [0.2, 0.25) is 0 Å². The maximum absolute atomic E-state index is 13.1. The molecule has 3 aliphatic heterocycles. The van der Waals surface area contributed by atoms with Crippen LogP contribution >= 0.6 is 0 Å². The highest BCUT2D eigenvalue weighted by molar-refractivity contribution is 5.95. The van der Waals surface area contributed by atoms with E-state index in [1.807, 2.05) is 18.2 Å². The minimum atomic E-state index is 0.137. The Balaban J connectivity index is 1.55. The molecule has 0 saturated carbocycles. The SMILES string of the molecule is CCN1CCC[C@@H]1[C@H]1CCCN1C(=O)c1ccc2c(c1)OCCO2. The third-order valence-corrected chi connectivity index (χ3v) is 5.61. The molecule has 2 atom stereocenters. The fourth-order valence-electron chi connectivity index (χ4n) is 4.47. The number of fused-ring (bicyclic) bond motifs is 1. The molecule has 0 aliphatic carbocycles. The van der Waals surface area contributed by atoms with Crippen molar-refractivity contribution in [3.8, 4) is 11.5 Å². The second-order valence-corrected chi connectivity index (χ2v) is 6.90. The first kappa shape index (κ1) is 15.8. The number of rotatable bonds is 3. The molecule has 5 heteroatoms. The van der Waals surface area contributed by atoms with Crippen LogP contribution in [0.1, 0.15) is 43.0 Å². The van der Waals surface area contributed by atoms with Gasteiger partial charge >= 0.3 is 0 Å². The van der Waals surface area contributed by atoms with Crippen molar-refractivity contribution < 1.29 is 14.3 Å². The quantitative estimate of drug-likeness (QED) is 0.854. The molecule has 2 fully saturated rings. The van der Waals surface area contributed by atoms with E-state index in [9.17, 15) is 4.79 Å². The zero-order valence-corrected chi connectivity index (χ0v) is 14.4. The first-order valence-corrected chi connectivity index (χ1v) is 9.22. The smallest absolute Gasteiger partial charge is 0.254 e. The van der Waals surface area contributed by atoms with Gasteiger partial charge in [-0.3, -0.25) is 9.69 Å². The number of ether oxygens (including phenoxy) is 2. The molecular formula is C19H26N2O3. The number of carbonyl (C=O) groups excluding carboxylic acids is 1. The van der Waals surface area contributed by atoms with Crippen molar-refractivity contribution in [3.05, 3.63) is 23.8 Å². The molecule has 0 unspecified atom stereocenters. The molecule has 1 aromatic rings. The molecular weight excluding hydrogens is 304 g/mol. The van der Waals surface area contributed by atoms with Gasteiger partial charge in [-0.1, -0.05) is 6.92 Å². The van der Waals surface area contributed by atoms with E-state index in [4.69, 9.17) is 9.47 Å². The van der Waals surface area contributed by atoms with E-state index >= 15 is 0 Å². The number of hydrogen-bond acceptors (Lipinski definition) is 4. The van der Waals surface area contributed by atoms with Crippen LogP contribution in [-0.2, 0) is 0 Å². The predicted molar refractivity (Wildman–Crippen MR) is 91.8 cm³/mol. The minimum Gasteiger partial charge on any atom is -0.486 e. The second-order valence-electron chi connectivity index (χ2n) is 6.90. The average molecular weight is 330 g/mol. The van der Waals surface area contributed by atoms with E-state index in [0.29, 0.717) is 36.6 Å². The molecule has 0 radical (unpaired) electrons. The Morgan fingerprint density at radius 2 is 1.83 bits per heavy atom. The van der Waals surface area contributed by atoms with Gasteiger partial charge in [0.25, 0.3) is 5.91 Å². The topological polar surface area (TPSA) is 42.0 Å². The summed E-state index contributed by atoms with van der Waals surface area (Å²) in [6.45, 7) is 6.46. The molecule has 3 aliphatic rings. The van der Waals surface area contributed by atoms with Crippen molar-refractivity contribution in [2.45, 2.75) is 44.7 Å². The van der Waals surface area contributed by atoms with Crippen molar-refractivity contribution in [1.29, 1.82) is 0 Å². The van der Waals surface area contributed by atoms with Crippen LogP contribution in [0.25, 0.3) is 0 Å². The number of likely N-dealkylation sites (N-methyl/N-ethyl adjacent to an activating group) is 1. The van der Waals surface area contributed by atoms with Gasteiger partial charge in [-0.25, -0.2) is 0 Å². The molecule has 0 spiro atoms. The average Bonchev–Trinajstić information content (AvgIpc) is 3.28. The lowest BCUT2D eigenvalue weighted by atomic mass is 10.0. The lowest BCUT2D eigenvalue weighted by molar-refractivity contribution is 0.0649. The molecule has 5 nitrogen and oxygen atoms in total. The van der Waals surface area contributed by atoms with Gasteiger partial charge in [0.15, 0.2) is 11.5 Å². The highest BCUT2D eigenvalue weighted by Crippen LogP contribution is 2.34. The van der Waals surface area contributed by atoms with E-state index in [1.165, 1.54) is 19.4 Å². The minimum absolute atomic E-state index is 0.137. The summed E-state index contributed by atoms with van der Waals surface area (Å²) in [4.78, 5) is 17.7. The zero-order chi connectivity index (χ0) is 16.5. The molecule has 130 valence electrons. The Hall–Kier alpha value is -1.75. The number of hydrogen-bond donors (Lipinski definition) is 0. The van der Waals surface area contributed by atoms with Gasteiger partial charge in [-0.05, 0) is 57.0 Å². The molecule has 24 heavy (non-hydrogen) atoms. The van der Waals surface area contributed by atoms with Crippen molar-refractivity contribution in [2.75, 3.05) is 32.8 Å². The molecule has 0 aromatic heterocycles. The van der Waals surface area contributed by atoms with Gasteiger partial charge in [0.1, 0.15) is 13.2 Å². The summed E-state index contributed by atoms with van der Waals surface area (Å²) in [5.74, 6) is 1.57. The van der Waals surface area contributed by atoms with Gasteiger partial charge in [-0.15, -0.1) is 0 Å². The molecule has 2 saturated heterocycles. The van der Waals surface area contributed by atoms with E-state index in [1.54, 1.807) is 0 Å². The Morgan fingerprint density at radius 3 is 2.67 bits per heavy atom. The first-order valence-electron chi connectivity index (χ1n) is 9.22. The first-order chi connectivity index (χ1) is 11.8. The molecule has 4 rings (SSSR count). The summed E-state index contributed by atoms with van der Waals surface area (Å²) >= 11 is 0. The third kappa shape index (κ3) is 2.75. The Labute approximate surface area is 143 Å². The summed E-state index contributed by atoms with van der Waals surface area (Å²) < 4.78 is 11.2. The van der Waals surface area contributed by atoms with Crippen molar-refractivity contribution in [2.24, 2.45) is 0 Å². The molecule has 0 N–H and O–H groups in total. The van der Waals surface area contributed by atoms with Crippen LogP contribution in [0.15, 0.2) is 18.2 Å². The Morgan fingerprint density at radius 1 is 1.08 bits per heavy atom. The van der Waals surface area contributed by atoms with Crippen molar-refractivity contribution in [3.63, 3.8) is 0 Å². The molecule has 3 heterocycles. The van der Waals surface area contributed by atoms with Crippen LogP contribution < -0.4 is 9.47 Å². The molecule has 1 aromatic carbocycles. The largest absolute Gasteiger partial charge is 0.486 e. The van der Waals surface area contributed by atoms with Crippen LogP contribution in [0.3, 0.4) is 0 Å². The van der Waals surface area contributed by atoms with E-state index in [2.05, 4.69) is 16.7 Å². The fourth-order valence-corrected chi connectivity index (χ4v) is 4.47. The number of benzene rings is 1. The zero-order valence-electron chi connectivity index (χ0n) is 14.4. The lowest BCUT2D eigenvalue weighted by Crippen LogP contribution is -2.48. The Bertz CT molecular complexity index is 619. The normalized spacial score (nSPS) is 26.8. The van der Waals surface area contributed by atoms with Crippen LogP contribution in [0, 0.1) is 0 Å². The van der Waals surface area contributed by atoms with Crippen LogP contribution in [0.4, 0.5) is 0 Å². The molecule has 1 amide bonds. The van der Waals surface area contributed by atoms with Crippen molar-refractivity contribution in [1.82, 2.24) is 9.80 Å². The van der Waals surface area contributed by atoms with Gasteiger partial charge in [0, 0.05) is 24.2 Å².